The highest BCUT2D eigenvalue weighted by Crippen LogP contribution is 2.23. The van der Waals surface area contributed by atoms with Gasteiger partial charge < -0.3 is 10.2 Å². The van der Waals surface area contributed by atoms with E-state index in [-0.39, 0.29) is 0 Å². The molecule has 2 N–H and O–H groups in total. The Morgan fingerprint density at radius 2 is 0.844 bits per heavy atom. The van der Waals surface area contributed by atoms with E-state index in [4.69, 9.17) is 0 Å². The van der Waals surface area contributed by atoms with Gasteiger partial charge in [0.25, 0.3) is 0 Å². The fourth-order valence-corrected chi connectivity index (χ4v) is 3.88. The van der Waals surface area contributed by atoms with E-state index < -0.39 is 0 Å². The lowest BCUT2D eigenvalue weighted by atomic mass is 10.0. The van der Waals surface area contributed by atoms with E-state index in [1.54, 1.807) is 0 Å². The molecule has 0 spiro atoms. The van der Waals surface area contributed by atoms with Crippen molar-refractivity contribution >= 4 is 0 Å². The van der Waals surface area contributed by atoms with Gasteiger partial charge in [0.05, 0.1) is 0 Å². The van der Waals surface area contributed by atoms with Gasteiger partial charge in [-0.2, -0.15) is 0 Å². The van der Waals surface area contributed by atoms with Crippen LogP contribution < -0.4 is 0 Å². The molecule has 0 amide bonds. The smallest absolute Gasteiger partial charge is 0.118 e. The van der Waals surface area contributed by atoms with Crippen LogP contribution >= 0.6 is 0 Å². The van der Waals surface area contributed by atoms with Gasteiger partial charge in [-0.05, 0) is 85.8 Å². The van der Waals surface area contributed by atoms with Crippen LogP contribution in [0.5, 0.6) is 11.5 Å². The van der Waals surface area contributed by atoms with Gasteiger partial charge in [-0.25, -0.2) is 0 Å². The van der Waals surface area contributed by atoms with E-state index in [0.717, 1.165) is 43.2 Å². The van der Waals surface area contributed by atoms with Gasteiger partial charge in [0.2, 0.25) is 0 Å². The molecule has 2 rings (SSSR count). The number of aryl methyl sites for hydroxylation is 4. The van der Waals surface area contributed by atoms with Crippen molar-refractivity contribution in [2.75, 3.05) is 0 Å². The molecule has 0 aliphatic heterocycles. The molecule has 0 aliphatic carbocycles. The molecule has 0 saturated carbocycles. The molecule has 0 aliphatic rings. The van der Waals surface area contributed by atoms with E-state index in [2.05, 4.69) is 45.9 Å². The Balaban J connectivity index is 0.000000323. The zero-order valence-electron chi connectivity index (χ0n) is 21.3. The molecule has 0 bridgehead atoms. The molecule has 0 heterocycles. The second kappa shape index (κ2) is 17.6. The van der Waals surface area contributed by atoms with Crippen LogP contribution in [0.3, 0.4) is 0 Å². The lowest BCUT2D eigenvalue weighted by Crippen LogP contribution is -1.91. The standard InChI is InChI=1S/C16H26O.C14H22O/c1-3-5-7-9-14-11-12-16(17)15(13-14)10-8-6-4-2;1-3-5-7-12-9-10-14(15)13(11-12)8-6-4-2/h11-13,17H,3-10H2,1-2H3;9-11,15H,3-8H2,1-2H3. The number of unbranched alkanes of at least 4 members (excludes halogenated alkanes) is 6. The van der Waals surface area contributed by atoms with Crippen LogP contribution in [0.1, 0.15) is 114 Å². The van der Waals surface area contributed by atoms with Crippen LogP contribution in [-0.4, -0.2) is 10.2 Å². The summed E-state index contributed by atoms with van der Waals surface area (Å²) in [5, 5.41) is 19.5. The minimum atomic E-state index is 0.462. The monoisotopic (exact) mass is 440 g/mol. The van der Waals surface area contributed by atoms with Gasteiger partial charge in [0, 0.05) is 0 Å². The van der Waals surface area contributed by atoms with Crippen LogP contribution in [-0.2, 0) is 25.7 Å². The van der Waals surface area contributed by atoms with Gasteiger partial charge in [-0.1, -0.05) is 90.5 Å². The van der Waals surface area contributed by atoms with Crippen LogP contribution in [0.2, 0.25) is 0 Å². The minimum Gasteiger partial charge on any atom is -0.508 e. The molecular weight excluding hydrogens is 392 g/mol. The van der Waals surface area contributed by atoms with Gasteiger partial charge >= 0.3 is 0 Å². The molecule has 0 unspecified atom stereocenters. The first kappa shape index (κ1) is 28.1. The molecule has 0 atom stereocenters. The van der Waals surface area contributed by atoms with Crippen LogP contribution in [0.15, 0.2) is 36.4 Å². The summed E-state index contributed by atoms with van der Waals surface area (Å²) in [6.07, 6.45) is 16.6. The van der Waals surface area contributed by atoms with Crippen molar-refractivity contribution in [3.05, 3.63) is 58.7 Å². The van der Waals surface area contributed by atoms with Crippen molar-refractivity contribution in [3.63, 3.8) is 0 Å². The van der Waals surface area contributed by atoms with Gasteiger partial charge in [-0.15, -0.1) is 0 Å². The molecule has 0 aromatic heterocycles. The fraction of sp³-hybridized carbons (Fsp3) is 0.600. The summed E-state index contributed by atoms with van der Waals surface area (Å²) in [4.78, 5) is 0. The summed E-state index contributed by atoms with van der Waals surface area (Å²) in [6, 6.07) is 12.2. The normalized spacial score (nSPS) is 10.6. The Labute approximate surface area is 198 Å². The first-order valence-corrected chi connectivity index (χ1v) is 13.2. The topological polar surface area (TPSA) is 40.5 Å². The van der Waals surface area contributed by atoms with Gasteiger partial charge in [-0.3, -0.25) is 0 Å². The Bertz CT molecular complexity index is 736. The third-order valence-electron chi connectivity index (χ3n) is 6.03. The second-order valence-electron chi connectivity index (χ2n) is 9.05. The zero-order valence-corrected chi connectivity index (χ0v) is 21.3. The highest BCUT2D eigenvalue weighted by Gasteiger charge is 2.03. The highest BCUT2D eigenvalue weighted by atomic mass is 16.3. The average molecular weight is 441 g/mol. The first-order valence-electron chi connectivity index (χ1n) is 13.2. The summed E-state index contributed by atoms with van der Waals surface area (Å²) in [5.74, 6) is 0.934. The van der Waals surface area contributed by atoms with Crippen LogP contribution in [0.25, 0.3) is 0 Å². The molecule has 32 heavy (non-hydrogen) atoms. The summed E-state index contributed by atoms with van der Waals surface area (Å²) in [6.45, 7) is 8.82. The third kappa shape index (κ3) is 11.6. The number of hydrogen-bond acceptors (Lipinski definition) is 2. The molecule has 0 fully saturated rings. The van der Waals surface area contributed by atoms with Crippen molar-refractivity contribution in [2.24, 2.45) is 0 Å². The lowest BCUT2D eigenvalue weighted by Gasteiger charge is -2.07. The maximum atomic E-state index is 9.81. The first-order chi connectivity index (χ1) is 15.5. The molecule has 0 saturated heterocycles. The zero-order chi connectivity index (χ0) is 23.6. The molecule has 2 nitrogen and oxygen atoms in total. The largest absolute Gasteiger partial charge is 0.508 e. The number of phenols is 2. The lowest BCUT2D eigenvalue weighted by molar-refractivity contribution is 0.466. The molecule has 180 valence electrons. The number of phenolic OH excluding ortho intramolecular Hbond substituents is 2. The Hall–Kier alpha value is -1.96. The van der Waals surface area contributed by atoms with Crippen molar-refractivity contribution in [1.82, 2.24) is 0 Å². The van der Waals surface area contributed by atoms with Crippen LogP contribution in [0, 0.1) is 0 Å². The average Bonchev–Trinajstić information content (AvgIpc) is 2.80. The maximum absolute atomic E-state index is 9.81. The Morgan fingerprint density at radius 3 is 1.31 bits per heavy atom. The predicted octanol–water partition coefficient (Wildman–Crippen LogP) is 8.94. The molecule has 0 radical (unpaired) electrons. The molecule has 2 aromatic carbocycles. The number of aromatic hydroxyl groups is 2. The van der Waals surface area contributed by atoms with E-state index >= 15 is 0 Å². The highest BCUT2D eigenvalue weighted by molar-refractivity contribution is 5.37. The number of benzene rings is 2. The SMILES string of the molecule is CCCCCc1ccc(O)c(CCCCC)c1.CCCCc1ccc(O)c(CCCC)c1. The summed E-state index contributed by atoms with van der Waals surface area (Å²) in [5.41, 5.74) is 4.99. The summed E-state index contributed by atoms with van der Waals surface area (Å²) in [7, 11) is 0. The minimum absolute atomic E-state index is 0.462. The van der Waals surface area contributed by atoms with Crippen molar-refractivity contribution in [2.45, 2.75) is 118 Å². The van der Waals surface area contributed by atoms with E-state index in [9.17, 15) is 10.2 Å². The molecule has 2 heteroatoms. The van der Waals surface area contributed by atoms with E-state index in [1.165, 1.54) is 68.9 Å². The van der Waals surface area contributed by atoms with Crippen molar-refractivity contribution in [3.8, 4) is 11.5 Å². The maximum Gasteiger partial charge on any atom is 0.118 e. The van der Waals surface area contributed by atoms with Crippen molar-refractivity contribution < 1.29 is 10.2 Å². The van der Waals surface area contributed by atoms with Crippen LogP contribution in [0.4, 0.5) is 0 Å². The Morgan fingerprint density at radius 1 is 0.469 bits per heavy atom. The fourth-order valence-electron chi connectivity index (χ4n) is 3.88. The molecule has 2 aromatic rings. The summed E-state index contributed by atoms with van der Waals surface area (Å²) < 4.78 is 0. The summed E-state index contributed by atoms with van der Waals surface area (Å²) >= 11 is 0. The Kier molecular flexibility index (Phi) is 15.4. The number of rotatable bonds is 14. The van der Waals surface area contributed by atoms with Gasteiger partial charge in [0.15, 0.2) is 0 Å². The molecular formula is C30H48O2. The van der Waals surface area contributed by atoms with E-state index in [0.29, 0.717) is 11.5 Å². The predicted molar refractivity (Wildman–Crippen MR) is 140 cm³/mol. The second-order valence-corrected chi connectivity index (χ2v) is 9.05. The third-order valence-corrected chi connectivity index (χ3v) is 6.03. The van der Waals surface area contributed by atoms with Gasteiger partial charge in [0.1, 0.15) is 11.5 Å². The quantitative estimate of drug-likeness (QED) is 0.288. The van der Waals surface area contributed by atoms with Crippen molar-refractivity contribution in [1.29, 1.82) is 0 Å². The van der Waals surface area contributed by atoms with E-state index in [1.807, 2.05) is 18.2 Å². The number of hydrogen-bond donors (Lipinski definition) is 2.